The summed E-state index contributed by atoms with van der Waals surface area (Å²) in [6, 6.07) is 8.18. The molecule has 1 atom stereocenters. The lowest BCUT2D eigenvalue weighted by Crippen LogP contribution is -2.45. The van der Waals surface area contributed by atoms with Gasteiger partial charge in [0.2, 0.25) is 11.8 Å². The number of benzene rings is 1. The van der Waals surface area contributed by atoms with E-state index in [1.54, 1.807) is 18.2 Å². The number of aliphatic carboxylic acids is 2. The van der Waals surface area contributed by atoms with Gasteiger partial charge in [-0.05, 0) is 43.0 Å². The first-order chi connectivity index (χ1) is 21.1. The highest BCUT2D eigenvalue weighted by Crippen LogP contribution is 2.14. The maximum atomic E-state index is 13.1. The SMILES string of the molecule is CCC(CC)CNC(=O)Cn1cccc(NC(=O)C(CC/C=C/C(=O)O)NC(=O)c2ccccc2N)c1=O.O=C(O)C(F)(F)F. The Bertz CT molecular complexity index is 1420. The molecule has 0 aliphatic carbocycles. The van der Waals surface area contributed by atoms with E-state index in [-0.39, 0.29) is 42.2 Å². The molecule has 1 aromatic carbocycles. The fourth-order valence-electron chi connectivity index (χ4n) is 3.68. The number of nitrogen functional groups attached to an aromatic ring is 1. The maximum Gasteiger partial charge on any atom is 0.490 e. The second kappa shape index (κ2) is 18.5. The summed E-state index contributed by atoms with van der Waals surface area (Å²) in [5.74, 6) is -5.13. The molecule has 0 saturated carbocycles. The van der Waals surface area contributed by atoms with E-state index in [0.29, 0.717) is 12.5 Å². The van der Waals surface area contributed by atoms with Gasteiger partial charge in [-0.3, -0.25) is 19.2 Å². The monoisotopic (exact) mass is 639 g/mol. The number of hydrogen-bond donors (Lipinski definition) is 6. The topological polar surface area (TPSA) is 210 Å². The molecule has 0 radical (unpaired) electrons. The van der Waals surface area contributed by atoms with Crippen LogP contribution in [-0.4, -0.2) is 63.2 Å². The standard InChI is InChI=1S/C27H35N5O6.C2HF3O2/c1-3-18(4-2)16-29-23(33)17-32-15-9-13-22(27(32)38)31-26(37)21(12-7-8-14-24(34)35)30-25(36)19-10-5-6-11-20(19)28;3-2(4,5)1(6)7/h5-6,8-11,13-15,18,21H,3-4,7,12,16-17,28H2,1-2H3,(H,29,33)(H,30,36)(H,31,37)(H,34,35);(H,6,7)/b14-8+;. The summed E-state index contributed by atoms with van der Waals surface area (Å²) in [4.78, 5) is 70.8. The Balaban J connectivity index is 0.00000129. The minimum atomic E-state index is -5.08. The molecule has 0 aliphatic rings. The molecule has 45 heavy (non-hydrogen) atoms. The zero-order valence-corrected chi connectivity index (χ0v) is 24.6. The van der Waals surface area contributed by atoms with Crippen LogP contribution in [0.1, 0.15) is 49.9 Å². The predicted molar refractivity (Wildman–Crippen MR) is 158 cm³/mol. The van der Waals surface area contributed by atoms with Crippen molar-refractivity contribution in [2.45, 2.75) is 58.3 Å². The first-order valence-electron chi connectivity index (χ1n) is 13.7. The zero-order chi connectivity index (χ0) is 34.2. The number of nitrogens with one attached hydrogen (secondary N) is 3. The van der Waals surface area contributed by atoms with Gasteiger partial charge in [0.25, 0.3) is 11.5 Å². The number of alkyl halides is 3. The fourth-order valence-corrected chi connectivity index (χ4v) is 3.68. The van der Waals surface area contributed by atoms with Crippen molar-refractivity contribution in [3.05, 3.63) is 70.7 Å². The summed E-state index contributed by atoms with van der Waals surface area (Å²) in [5.41, 5.74) is 5.62. The van der Waals surface area contributed by atoms with E-state index in [2.05, 4.69) is 16.0 Å². The van der Waals surface area contributed by atoms with Crippen LogP contribution in [0, 0.1) is 5.92 Å². The average Bonchev–Trinajstić information content (AvgIpc) is 2.97. The molecule has 0 fully saturated rings. The van der Waals surface area contributed by atoms with Crippen molar-refractivity contribution < 1.29 is 47.4 Å². The molecule has 2 rings (SSSR count). The molecule has 13 nitrogen and oxygen atoms in total. The van der Waals surface area contributed by atoms with E-state index in [1.165, 1.54) is 35.0 Å². The molecule has 16 heteroatoms. The van der Waals surface area contributed by atoms with Crippen LogP contribution in [0.3, 0.4) is 0 Å². The normalized spacial score (nSPS) is 11.7. The third kappa shape index (κ3) is 13.8. The minimum absolute atomic E-state index is 0.0630. The van der Waals surface area contributed by atoms with Crippen molar-refractivity contribution >= 4 is 41.0 Å². The molecule has 3 amide bonds. The highest BCUT2D eigenvalue weighted by Gasteiger charge is 2.38. The van der Waals surface area contributed by atoms with E-state index in [9.17, 15) is 37.1 Å². The fraction of sp³-hybridized carbons (Fsp3) is 0.379. The van der Waals surface area contributed by atoms with Gasteiger partial charge in [0.1, 0.15) is 18.3 Å². The van der Waals surface area contributed by atoms with Crippen LogP contribution in [0.2, 0.25) is 0 Å². The minimum Gasteiger partial charge on any atom is -0.478 e. The first kappa shape index (κ1) is 37.9. The molecule has 0 bridgehead atoms. The van der Waals surface area contributed by atoms with Gasteiger partial charge in [0.15, 0.2) is 0 Å². The molecule has 7 N–H and O–H groups in total. The number of carboxylic acids is 2. The number of para-hydroxylation sites is 1. The van der Waals surface area contributed by atoms with Crippen LogP contribution in [0.15, 0.2) is 59.5 Å². The van der Waals surface area contributed by atoms with Gasteiger partial charge in [0.05, 0.1) is 5.56 Å². The molecular formula is C29H36F3N5O8. The van der Waals surface area contributed by atoms with Crippen LogP contribution >= 0.6 is 0 Å². The van der Waals surface area contributed by atoms with Gasteiger partial charge in [-0.1, -0.05) is 44.9 Å². The number of allylic oxidation sites excluding steroid dienone is 1. The van der Waals surface area contributed by atoms with Crippen molar-refractivity contribution in [2.75, 3.05) is 17.6 Å². The third-order valence-corrected chi connectivity index (χ3v) is 6.29. The van der Waals surface area contributed by atoms with Gasteiger partial charge in [-0.25, -0.2) is 9.59 Å². The first-order valence-corrected chi connectivity index (χ1v) is 13.7. The molecule has 1 unspecified atom stereocenters. The van der Waals surface area contributed by atoms with E-state index < -0.39 is 41.5 Å². The van der Waals surface area contributed by atoms with E-state index in [4.69, 9.17) is 20.7 Å². The summed E-state index contributed by atoms with van der Waals surface area (Å²) in [6.07, 6.45) is 0.760. The van der Waals surface area contributed by atoms with E-state index >= 15 is 0 Å². The van der Waals surface area contributed by atoms with Gasteiger partial charge >= 0.3 is 18.1 Å². The second-order valence-electron chi connectivity index (χ2n) is 9.56. The number of carbonyl (C=O) groups is 5. The lowest BCUT2D eigenvalue weighted by Gasteiger charge is -2.19. The van der Waals surface area contributed by atoms with Crippen molar-refractivity contribution in [1.29, 1.82) is 0 Å². The smallest absolute Gasteiger partial charge is 0.478 e. The number of rotatable bonds is 14. The summed E-state index contributed by atoms with van der Waals surface area (Å²) in [6.45, 7) is 4.39. The van der Waals surface area contributed by atoms with Crippen molar-refractivity contribution in [1.82, 2.24) is 15.2 Å². The van der Waals surface area contributed by atoms with Gasteiger partial charge < -0.3 is 36.5 Å². The number of hydrogen-bond acceptors (Lipinski definition) is 7. The molecule has 2 aromatic rings. The highest BCUT2D eigenvalue weighted by atomic mass is 19.4. The van der Waals surface area contributed by atoms with Crippen LogP contribution in [0.5, 0.6) is 0 Å². The summed E-state index contributed by atoms with van der Waals surface area (Å²) in [7, 11) is 0. The number of nitrogens with zero attached hydrogens (tertiary/aromatic N) is 1. The number of pyridine rings is 1. The van der Waals surface area contributed by atoms with Crippen molar-refractivity contribution in [2.24, 2.45) is 5.92 Å². The highest BCUT2D eigenvalue weighted by molar-refractivity contribution is 6.03. The lowest BCUT2D eigenvalue weighted by atomic mass is 10.0. The van der Waals surface area contributed by atoms with Crippen molar-refractivity contribution in [3.8, 4) is 0 Å². The Morgan fingerprint density at radius 1 is 1.02 bits per heavy atom. The number of anilines is 2. The summed E-state index contributed by atoms with van der Waals surface area (Å²) >= 11 is 0. The lowest BCUT2D eigenvalue weighted by molar-refractivity contribution is -0.192. The molecule has 246 valence electrons. The van der Waals surface area contributed by atoms with Crippen LogP contribution in [0.25, 0.3) is 0 Å². The number of aromatic nitrogens is 1. The van der Waals surface area contributed by atoms with Crippen LogP contribution in [-0.2, 0) is 25.7 Å². The van der Waals surface area contributed by atoms with Gasteiger partial charge in [0, 0.05) is 24.5 Å². The predicted octanol–water partition coefficient (Wildman–Crippen LogP) is 2.77. The molecule has 0 aliphatic heterocycles. The summed E-state index contributed by atoms with van der Waals surface area (Å²) < 4.78 is 32.9. The number of nitrogens with two attached hydrogens (primary N) is 1. The second-order valence-corrected chi connectivity index (χ2v) is 9.56. The van der Waals surface area contributed by atoms with Gasteiger partial charge in [-0.2, -0.15) is 13.2 Å². The van der Waals surface area contributed by atoms with Crippen molar-refractivity contribution in [3.63, 3.8) is 0 Å². The quantitative estimate of drug-likeness (QED) is 0.132. The number of halogens is 3. The van der Waals surface area contributed by atoms with Crippen LogP contribution in [0.4, 0.5) is 24.5 Å². The largest absolute Gasteiger partial charge is 0.490 e. The Hall–Kier alpha value is -5.15. The molecule has 0 spiro atoms. The number of carbonyl (C=O) groups excluding carboxylic acids is 3. The maximum absolute atomic E-state index is 13.1. The Morgan fingerprint density at radius 2 is 1.64 bits per heavy atom. The van der Waals surface area contributed by atoms with E-state index in [1.807, 2.05) is 13.8 Å². The Kier molecular flexibility index (Phi) is 15.6. The Labute approximate surface area is 256 Å². The number of amides is 3. The Morgan fingerprint density at radius 3 is 2.20 bits per heavy atom. The number of carboxylic acid groups (broad SMARTS) is 2. The zero-order valence-electron chi connectivity index (χ0n) is 24.6. The van der Waals surface area contributed by atoms with Gasteiger partial charge in [-0.15, -0.1) is 0 Å². The molecular weight excluding hydrogens is 603 g/mol. The third-order valence-electron chi connectivity index (χ3n) is 6.29. The molecule has 0 saturated heterocycles. The summed E-state index contributed by atoms with van der Waals surface area (Å²) in [5, 5.41) is 23.9. The van der Waals surface area contributed by atoms with E-state index in [0.717, 1.165) is 18.9 Å². The molecule has 1 aromatic heterocycles. The van der Waals surface area contributed by atoms with Crippen LogP contribution < -0.4 is 27.2 Å². The molecule has 1 heterocycles. The average molecular weight is 640 g/mol.